The lowest BCUT2D eigenvalue weighted by Gasteiger charge is -2.34. The van der Waals surface area contributed by atoms with Gasteiger partial charge in [-0.1, -0.05) is 18.2 Å². The third-order valence-electron chi connectivity index (χ3n) is 6.17. The van der Waals surface area contributed by atoms with E-state index < -0.39 is 0 Å². The van der Waals surface area contributed by atoms with Crippen molar-refractivity contribution in [1.82, 2.24) is 5.32 Å². The number of rotatable bonds is 5. The first-order valence-electron chi connectivity index (χ1n) is 10.5. The molecular weight excluding hydrogens is 383 g/mol. The van der Waals surface area contributed by atoms with E-state index in [9.17, 15) is 14.0 Å². The maximum absolute atomic E-state index is 13.7. The van der Waals surface area contributed by atoms with E-state index in [1.165, 1.54) is 19.1 Å². The van der Waals surface area contributed by atoms with Gasteiger partial charge in [-0.2, -0.15) is 0 Å². The highest BCUT2D eigenvalue weighted by Gasteiger charge is 2.45. The number of nitrogens with one attached hydrogen (secondary N) is 1. The second-order valence-corrected chi connectivity index (χ2v) is 8.20. The van der Waals surface area contributed by atoms with Crippen LogP contribution in [0.3, 0.4) is 0 Å². The van der Waals surface area contributed by atoms with E-state index in [-0.39, 0.29) is 23.0 Å². The monoisotopic (exact) mass is 410 g/mol. The van der Waals surface area contributed by atoms with E-state index in [4.69, 9.17) is 4.74 Å². The largest absolute Gasteiger partial charge is 0.381 e. The van der Waals surface area contributed by atoms with Crippen molar-refractivity contribution in [2.45, 2.75) is 38.0 Å². The lowest BCUT2D eigenvalue weighted by Crippen LogP contribution is -2.40. The van der Waals surface area contributed by atoms with E-state index in [2.05, 4.69) is 11.4 Å². The molecular formula is C24H27FN2O3. The van der Waals surface area contributed by atoms with Gasteiger partial charge in [-0.15, -0.1) is 0 Å². The SMILES string of the molecule is CC(=O)NCCCC(=O)N1CC2(CCOCC2)c2cc(-c3cccc(F)c3)ccc21. The van der Waals surface area contributed by atoms with Crippen molar-refractivity contribution < 1.29 is 18.7 Å². The first kappa shape index (κ1) is 20.5. The molecule has 1 saturated heterocycles. The van der Waals surface area contributed by atoms with Crippen molar-refractivity contribution >= 4 is 17.5 Å². The Hall–Kier alpha value is -2.73. The molecule has 0 bridgehead atoms. The molecule has 0 aromatic heterocycles. The third-order valence-corrected chi connectivity index (χ3v) is 6.17. The van der Waals surface area contributed by atoms with Crippen molar-refractivity contribution in [2.24, 2.45) is 0 Å². The zero-order valence-corrected chi connectivity index (χ0v) is 17.2. The number of carbonyl (C=O) groups is 2. The molecule has 6 heteroatoms. The maximum Gasteiger partial charge on any atom is 0.227 e. The van der Waals surface area contributed by atoms with Gasteiger partial charge in [0.2, 0.25) is 11.8 Å². The van der Waals surface area contributed by atoms with Crippen LogP contribution in [0.25, 0.3) is 11.1 Å². The topological polar surface area (TPSA) is 58.6 Å². The average Bonchev–Trinajstić information content (AvgIpc) is 3.05. The number of amides is 2. The van der Waals surface area contributed by atoms with Gasteiger partial charge < -0.3 is 15.0 Å². The van der Waals surface area contributed by atoms with Gasteiger partial charge in [-0.05, 0) is 60.2 Å². The number of halogens is 1. The second-order valence-electron chi connectivity index (χ2n) is 8.20. The number of anilines is 1. The maximum atomic E-state index is 13.7. The first-order chi connectivity index (χ1) is 14.5. The molecule has 0 unspecified atom stereocenters. The van der Waals surface area contributed by atoms with Crippen molar-refractivity contribution in [3.8, 4) is 11.1 Å². The summed E-state index contributed by atoms with van der Waals surface area (Å²) in [4.78, 5) is 25.9. The zero-order chi connectivity index (χ0) is 21.1. The van der Waals surface area contributed by atoms with Crippen molar-refractivity contribution in [3.63, 3.8) is 0 Å². The van der Waals surface area contributed by atoms with Gasteiger partial charge in [0.05, 0.1) is 0 Å². The van der Waals surface area contributed by atoms with E-state index >= 15 is 0 Å². The number of carbonyl (C=O) groups excluding carboxylic acids is 2. The number of ether oxygens (including phenoxy) is 1. The number of benzene rings is 2. The Morgan fingerprint density at radius 2 is 1.90 bits per heavy atom. The fourth-order valence-corrected chi connectivity index (χ4v) is 4.57. The Morgan fingerprint density at radius 1 is 1.13 bits per heavy atom. The molecule has 4 rings (SSSR count). The molecule has 0 saturated carbocycles. The van der Waals surface area contributed by atoms with Crippen LogP contribution in [0.15, 0.2) is 42.5 Å². The Labute approximate surface area is 176 Å². The molecule has 30 heavy (non-hydrogen) atoms. The van der Waals surface area contributed by atoms with E-state index in [0.29, 0.717) is 39.1 Å². The Balaban J connectivity index is 1.62. The van der Waals surface area contributed by atoms with E-state index in [0.717, 1.165) is 35.2 Å². The summed E-state index contributed by atoms with van der Waals surface area (Å²) in [6.07, 6.45) is 2.73. The molecule has 0 atom stereocenters. The molecule has 0 radical (unpaired) electrons. The molecule has 0 aliphatic carbocycles. The minimum absolute atomic E-state index is 0.0727. The smallest absolute Gasteiger partial charge is 0.227 e. The molecule has 2 aliphatic rings. The summed E-state index contributed by atoms with van der Waals surface area (Å²) in [5, 5.41) is 2.74. The van der Waals surface area contributed by atoms with Crippen LogP contribution in [0, 0.1) is 5.82 Å². The molecule has 2 amide bonds. The van der Waals surface area contributed by atoms with Crippen LogP contribution in [0.1, 0.15) is 38.2 Å². The Kier molecular flexibility index (Phi) is 5.86. The van der Waals surface area contributed by atoms with Gasteiger partial charge in [-0.25, -0.2) is 4.39 Å². The van der Waals surface area contributed by atoms with Gasteiger partial charge >= 0.3 is 0 Å². The molecule has 1 fully saturated rings. The van der Waals surface area contributed by atoms with Crippen molar-refractivity contribution in [1.29, 1.82) is 0 Å². The molecule has 2 aromatic rings. The highest BCUT2D eigenvalue weighted by atomic mass is 19.1. The summed E-state index contributed by atoms with van der Waals surface area (Å²) in [6.45, 7) is 3.97. The van der Waals surface area contributed by atoms with Crippen LogP contribution in [0.4, 0.5) is 10.1 Å². The highest BCUT2D eigenvalue weighted by Crippen LogP contribution is 2.48. The predicted octanol–water partition coefficient (Wildman–Crippen LogP) is 3.80. The molecule has 1 N–H and O–H groups in total. The van der Waals surface area contributed by atoms with Gasteiger partial charge in [0.1, 0.15) is 5.82 Å². The first-order valence-corrected chi connectivity index (χ1v) is 10.5. The van der Waals surface area contributed by atoms with E-state index in [1.807, 2.05) is 23.1 Å². The molecule has 2 aliphatic heterocycles. The fourth-order valence-electron chi connectivity index (χ4n) is 4.57. The van der Waals surface area contributed by atoms with Crippen LogP contribution in [0.2, 0.25) is 0 Å². The molecule has 1 spiro atoms. The average molecular weight is 410 g/mol. The molecule has 2 heterocycles. The summed E-state index contributed by atoms with van der Waals surface area (Å²) < 4.78 is 19.4. The van der Waals surface area contributed by atoms with E-state index in [1.54, 1.807) is 6.07 Å². The summed E-state index contributed by atoms with van der Waals surface area (Å²) in [5.74, 6) is -0.270. The van der Waals surface area contributed by atoms with Crippen LogP contribution >= 0.6 is 0 Å². The minimum Gasteiger partial charge on any atom is -0.381 e. The molecule has 2 aromatic carbocycles. The summed E-state index contributed by atoms with van der Waals surface area (Å²) in [6, 6.07) is 12.7. The van der Waals surface area contributed by atoms with Gasteiger partial charge in [0.25, 0.3) is 0 Å². The van der Waals surface area contributed by atoms with Crippen LogP contribution in [-0.4, -0.2) is 38.1 Å². The number of fused-ring (bicyclic) bond motifs is 2. The van der Waals surface area contributed by atoms with Crippen LogP contribution in [0.5, 0.6) is 0 Å². The zero-order valence-electron chi connectivity index (χ0n) is 17.2. The Morgan fingerprint density at radius 3 is 2.63 bits per heavy atom. The van der Waals surface area contributed by atoms with Crippen LogP contribution in [-0.2, 0) is 19.7 Å². The fraction of sp³-hybridized carbons (Fsp3) is 0.417. The summed E-state index contributed by atoms with van der Waals surface area (Å²) >= 11 is 0. The third kappa shape index (κ3) is 4.10. The predicted molar refractivity (Wildman–Crippen MR) is 114 cm³/mol. The normalized spacial score (nSPS) is 17.1. The molecule has 158 valence electrons. The van der Waals surface area contributed by atoms with Gasteiger partial charge in [0, 0.05) is 50.8 Å². The van der Waals surface area contributed by atoms with Gasteiger partial charge in [-0.3, -0.25) is 9.59 Å². The lowest BCUT2D eigenvalue weighted by atomic mass is 9.75. The van der Waals surface area contributed by atoms with Crippen molar-refractivity contribution in [2.75, 3.05) is 31.2 Å². The number of hydrogen-bond donors (Lipinski definition) is 1. The quantitative estimate of drug-likeness (QED) is 0.763. The standard InChI is InChI=1S/C24H27FN2O3/c1-17(28)26-11-3-6-23(29)27-16-24(9-12-30-13-10-24)21-15-19(7-8-22(21)27)18-4-2-5-20(25)14-18/h2,4-5,7-8,14-15H,3,6,9-13,16H2,1H3,(H,26,28). The number of nitrogens with zero attached hydrogens (tertiary/aromatic N) is 1. The second kappa shape index (κ2) is 8.56. The molecule has 5 nitrogen and oxygen atoms in total. The summed E-state index contributed by atoms with van der Waals surface area (Å²) in [5.41, 5.74) is 3.77. The minimum atomic E-state index is -0.259. The van der Waals surface area contributed by atoms with Gasteiger partial charge in [0.15, 0.2) is 0 Å². The summed E-state index contributed by atoms with van der Waals surface area (Å²) in [7, 11) is 0. The van der Waals surface area contributed by atoms with Crippen molar-refractivity contribution in [3.05, 3.63) is 53.8 Å². The lowest BCUT2D eigenvalue weighted by molar-refractivity contribution is -0.120. The Bertz CT molecular complexity index is 953. The number of hydrogen-bond acceptors (Lipinski definition) is 3. The highest BCUT2D eigenvalue weighted by molar-refractivity contribution is 5.97. The van der Waals surface area contributed by atoms with Crippen LogP contribution < -0.4 is 10.2 Å².